The molecule has 3 nitrogen and oxygen atoms in total. The number of anilines is 3. The normalized spacial score (nSPS) is 13.1. The third kappa shape index (κ3) is 5.90. The van der Waals surface area contributed by atoms with Crippen LogP contribution in [-0.2, 0) is 5.41 Å². The van der Waals surface area contributed by atoms with Crippen molar-refractivity contribution in [3.63, 3.8) is 0 Å². The Hall–Kier alpha value is -8.40. The van der Waals surface area contributed by atoms with Crippen molar-refractivity contribution in [3.8, 4) is 44.8 Å². The summed E-state index contributed by atoms with van der Waals surface area (Å²) in [4.78, 5) is 2.48. The van der Waals surface area contributed by atoms with E-state index < -0.39 is 0 Å². The van der Waals surface area contributed by atoms with Crippen molar-refractivity contribution in [1.82, 2.24) is 9.13 Å². The van der Waals surface area contributed by atoms with Gasteiger partial charge in [0.25, 0.3) is 0 Å². The Kier molecular flexibility index (Phi) is 8.56. The van der Waals surface area contributed by atoms with Crippen LogP contribution in [0.1, 0.15) is 25.0 Å². The van der Waals surface area contributed by atoms with Crippen LogP contribution in [0.15, 0.2) is 237 Å². The molecule has 3 heterocycles. The summed E-state index contributed by atoms with van der Waals surface area (Å²) >= 11 is 0. The van der Waals surface area contributed by atoms with E-state index in [-0.39, 0.29) is 5.41 Å². The maximum atomic E-state index is 2.48. The first-order chi connectivity index (χ1) is 32.5. The van der Waals surface area contributed by atoms with Crippen molar-refractivity contribution in [2.75, 3.05) is 4.90 Å². The molecule has 10 aromatic carbocycles. The highest BCUT2D eigenvalue weighted by molar-refractivity contribution is 6.12. The predicted molar refractivity (Wildman–Crippen MR) is 278 cm³/mol. The first-order valence-electron chi connectivity index (χ1n) is 22.9. The molecule has 1 aliphatic rings. The van der Waals surface area contributed by atoms with E-state index in [2.05, 4.69) is 264 Å². The standard InChI is InChI=1S/C63H45N3/c1-63(2)55-40-46(44-28-34-59-53(38-44)51-22-12-14-24-57(51)64(59)48-18-8-4-9-19-48)30-36-61(55)66(50-32-26-43(27-33-50)42-16-6-3-7-17-42)62-37-31-47(41-56(62)63)45-29-35-60-54(39-45)52-23-13-15-25-58(52)65(60)49-20-10-5-11-21-49/h3-41H,1-2H3. The number of para-hydroxylation sites is 4. The van der Waals surface area contributed by atoms with E-state index in [9.17, 15) is 0 Å². The quantitative estimate of drug-likeness (QED) is 0.163. The topological polar surface area (TPSA) is 13.1 Å². The second kappa shape index (κ2) is 14.8. The predicted octanol–water partition coefficient (Wildman–Crippen LogP) is 17.0. The van der Waals surface area contributed by atoms with Crippen molar-refractivity contribution in [2.24, 2.45) is 0 Å². The third-order valence-corrected chi connectivity index (χ3v) is 14.1. The zero-order valence-electron chi connectivity index (χ0n) is 36.9. The minimum atomic E-state index is -0.321. The lowest BCUT2D eigenvalue weighted by molar-refractivity contribution is 0.632. The van der Waals surface area contributed by atoms with Gasteiger partial charge >= 0.3 is 0 Å². The Balaban J connectivity index is 0.971. The van der Waals surface area contributed by atoms with Crippen LogP contribution >= 0.6 is 0 Å². The average molecular weight is 844 g/mol. The Bertz CT molecular complexity index is 3610. The molecule has 0 unspecified atom stereocenters. The fourth-order valence-electron chi connectivity index (χ4n) is 10.8. The molecule has 0 amide bonds. The minimum absolute atomic E-state index is 0.321. The van der Waals surface area contributed by atoms with Crippen LogP contribution in [0, 0.1) is 0 Å². The van der Waals surface area contributed by atoms with Crippen LogP contribution < -0.4 is 4.90 Å². The van der Waals surface area contributed by atoms with Gasteiger partial charge in [0.15, 0.2) is 0 Å². The molecule has 66 heavy (non-hydrogen) atoms. The molecule has 2 aromatic heterocycles. The minimum Gasteiger partial charge on any atom is -0.310 e. The van der Waals surface area contributed by atoms with Gasteiger partial charge in [-0.15, -0.1) is 0 Å². The van der Waals surface area contributed by atoms with Crippen LogP contribution in [0.25, 0.3) is 88.4 Å². The van der Waals surface area contributed by atoms with Crippen molar-refractivity contribution in [1.29, 1.82) is 0 Å². The summed E-state index contributed by atoms with van der Waals surface area (Å²) in [6.45, 7) is 4.81. The summed E-state index contributed by atoms with van der Waals surface area (Å²) in [5.74, 6) is 0. The van der Waals surface area contributed by atoms with Gasteiger partial charge in [0.05, 0.1) is 33.4 Å². The summed E-state index contributed by atoms with van der Waals surface area (Å²) in [6.07, 6.45) is 0. The summed E-state index contributed by atoms with van der Waals surface area (Å²) in [6, 6.07) is 86.9. The number of hydrogen-bond acceptors (Lipinski definition) is 1. The molecule has 0 atom stereocenters. The Labute approximate surface area is 384 Å². The molecular formula is C63H45N3. The van der Waals surface area contributed by atoms with Crippen molar-refractivity contribution in [2.45, 2.75) is 19.3 Å². The number of fused-ring (bicyclic) bond motifs is 8. The molecule has 0 aliphatic carbocycles. The highest BCUT2D eigenvalue weighted by Crippen LogP contribution is 2.54. The third-order valence-electron chi connectivity index (χ3n) is 14.1. The van der Waals surface area contributed by atoms with E-state index in [1.807, 2.05) is 0 Å². The van der Waals surface area contributed by atoms with Crippen LogP contribution in [0.5, 0.6) is 0 Å². The highest BCUT2D eigenvalue weighted by atomic mass is 15.2. The fraction of sp³-hybridized carbons (Fsp3) is 0.0476. The van der Waals surface area contributed by atoms with Crippen LogP contribution in [0.2, 0.25) is 0 Å². The van der Waals surface area contributed by atoms with E-state index in [4.69, 9.17) is 0 Å². The van der Waals surface area contributed by atoms with Gasteiger partial charge < -0.3 is 14.0 Å². The summed E-state index contributed by atoms with van der Waals surface area (Å²) in [5.41, 5.74) is 20.2. The van der Waals surface area contributed by atoms with Gasteiger partial charge in [-0.25, -0.2) is 0 Å². The van der Waals surface area contributed by atoms with Crippen LogP contribution in [-0.4, -0.2) is 9.13 Å². The van der Waals surface area contributed by atoms with Crippen molar-refractivity contribution in [3.05, 3.63) is 248 Å². The Morgan fingerprint density at radius 2 is 0.636 bits per heavy atom. The van der Waals surface area contributed by atoms with Gasteiger partial charge in [-0.1, -0.05) is 153 Å². The number of hydrogen-bond donors (Lipinski definition) is 0. The van der Waals surface area contributed by atoms with Gasteiger partial charge in [0.1, 0.15) is 0 Å². The molecule has 0 N–H and O–H groups in total. The second-order valence-corrected chi connectivity index (χ2v) is 18.2. The van der Waals surface area contributed by atoms with Crippen molar-refractivity contribution >= 4 is 60.7 Å². The lowest BCUT2D eigenvalue weighted by Gasteiger charge is -2.42. The van der Waals surface area contributed by atoms with E-state index in [0.717, 1.165) is 5.69 Å². The molecule has 1 aliphatic heterocycles. The van der Waals surface area contributed by atoms with Gasteiger partial charge in [-0.3, -0.25) is 0 Å². The van der Waals surface area contributed by atoms with Gasteiger partial charge in [0, 0.05) is 44.0 Å². The van der Waals surface area contributed by atoms with Gasteiger partial charge in [-0.05, 0) is 142 Å². The Morgan fingerprint density at radius 1 is 0.273 bits per heavy atom. The second-order valence-electron chi connectivity index (χ2n) is 18.2. The molecule has 0 saturated heterocycles. The molecule has 3 heteroatoms. The maximum Gasteiger partial charge on any atom is 0.0541 e. The van der Waals surface area contributed by atoms with E-state index in [1.54, 1.807) is 0 Å². The summed E-state index contributed by atoms with van der Waals surface area (Å²) in [5, 5.41) is 5.02. The molecular weight excluding hydrogens is 799 g/mol. The first-order valence-corrected chi connectivity index (χ1v) is 22.9. The molecule has 312 valence electrons. The molecule has 0 saturated carbocycles. The van der Waals surface area contributed by atoms with Crippen LogP contribution in [0.4, 0.5) is 17.1 Å². The van der Waals surface area contributed by atoms with Crippen molar-refractivity contribution < 1.29 is 0 Å². The molecule has 13 rings (SSSR count). The number of nitrogens with zero attached hydrogens (tertiary/aromatic N) is 3. The molecule has 12 aromatic rings. The number of aromatic nitrogens is 2. The highest BCUT2D eigenvalue weighted by Gasteiger charge is 2.37. The largest absolute Gasteiger partial charge is 0.310 e. The number of rotatable bonds is 6. The Morgan fingerprint density at radius 3 is 1.12 bits per heavy atom. The zero-order valence-corrected chi connectivity index (χ0v) is 36.9. The zero-order chi connectivity index (χ0) is 43.9. The maximum absolute atomic E-state index is 2.48. The van der Waals surface area contributed by atoms with Gasteiger partial charge in [0.2, 0.25) is 0 Å². The lowest BCUT2D eigenvalue weighted by atomic mass is 9.72. The lowest BCUT2D eigenvalue weighted by Crippen LogP contribution is -2.30. The average Bonchev–Trinajstić information content (AvgIpc) is 3.89. The summed E-state index contributed by atoms with van der Waals surface area (Å²) < 4.78 is 4.78. The fourth-order valence-corrected chi connectivity index (χ4v) is 10.8. The molecule has 0 radical (unpaired) electrons. The van der Waals surface area contributed by atoms with E-state index in [0.29, 0.717) is 0 Å². The molecule has 0 bridgehead atoms. The van der Waals surface area contributed by atoms with Gasteiger partial charge in [-0.2, -0.15) is 0 Å². The smallest absolute Gasteiger partial charge is 0.0541 e. The van der Waals surface area contributed by atoms with Crippen LogP contribution in [0.3, 0.4) is 0 Å². The molecule has 0 spiro atoms. The number of benzene rings is 10. The monoisotopic (exact) mass is 843 g/mol. The van der Waals surface area contributed by atoms with E-state index >= 15 is 0 Å². The SMILES string of the molecule is CC1(C)c2cc(-c3ccc4c(c3)c3ccccc3n4-c3ccccc3)ccc2N(c2ccc(-c3ccccc3)cc2)c2ccc(-c3ccc4c(c3)c3ccccc3n4-c3ccccc3)cc21. The first kappa shape index (κ1) is 38.1. The summed E-state index contributed by atoms with van der Waals surface area (Å²) in [7, 11) is 0. The van der Waals surface area contributed by atoms with E-state index in [1.165, 1.54) is 111 Å². The molecule has 0 fully saturated rings.